The van der Waals surface area contributed by atoms with Gasteiger partial charge in [-0.2, -0.15) is 0 Å². The van der Waals surface area contributed by atoms with Gasteiger partial charge in [-0.15, -0.1) is 0 Å². The molecule has 0 atom stereocenters. The van der Waals surface area contributed by atoms with Crippen molar-refractivity contribution in [3.05, 3.63) is 0 Å². The largest absolute Gasteiger partial charge is 0.304 e. The third-order valence-electron chi connectivity index (χ3n) is 1.64. The molecular weight excluding hydrogens is 168 g/mol. The van der Waals surface area contributed by atoms with Gasteiger partial charge in [0, 0.05) is 8.07 Å². The van der Waals surface area contributed by atoms with Gasteiger partial charge in [0.2, 0.25) is 0 Å². The molecule has 0 saturated carbocycles. The lowest BCUT2D eigenvalue weighted by atomic mass is 10.9. The molecule has 0 amide bonds. The van der Waals surface area contributed by atoms with Crippen LogP contribution in [0.1, 0.15) is 0 Å². The Labute approximate surface area is 72.2 Å². The average molecular weight is 188 g/mol. The van der Waals surface area contributed by atoms with E-state index >= 15 is 0 Å². The lowest BCUT2D eigenvalue weighted by Crippen LogP contribution is -2.37. The fraction of sp³-hybridized carbons (Fsp3) is 0.875. The summed E-state index contributed by atoms with van der Waals surface area (Å²) in [7, 11) is -2.07. The zero-order valence-electron chi connectivity index (χ0n) is 8.40. The fourth-order valence-corrected chi connectivity index (χ4v) is 14.2. The molecule has 0 radical (unpaired) electrons. The molecule has 3 heteroatoms. The summed E-state index contributed by atoms with van der Waals surface area (Å²) in [5.74, 6) is 0. The van der Waals surface area contributed by atoms with Gasteiger partial charge in [0.25, 0.3) is 0 Å². The summed E-state index contributed by atoms with van der Waals surface area (Å²) in [6.45, 7) is 11.8. The van der Waals surface area contributed by atoms with E-state index in [1.54, 1.807) is 0 Å². The normalized spacial score (nSPS) is 13.2. The molecule has 0 bridgehead atoms. The van der Waals surface area contributed by atoms with Crippen molar-refractivity contribution in [2.24, 2.45) is 0 Å². The fourth-order valence-electron chi connectivity index (χ4n) is 1.73. The maximum Gasteiger partial charge on any atom is 0.117 e. The summed E-state index contributed by atoms with van der Waals surface area (Å²) >= 11 is 0. The molecule has 11 heavy (non-hydrogen) atoms. The van der Waals surface area contributed by atoms with E-state index in [9.17, 15) is 4.79 Å². The molecule has 0 aliphatic rings. The van der Waals surface area contributed by atoms with Crippen molar-refractivity contribution in [1.82, 2.24) is 0 Å². The van der Waals surface area contributed by atoms with Crippen molar-refractivity contribution >= 4 is 22.4 Å². The van der Waals surface area contributed by atoms with Crippen LogP contribution < -0.4 is 0 Å². The molecule has 0 rings (SSSR count). The zero-order chi connectivity index (χ0) is 9.12. The topological polar surface area (TPSA) is 17.1 Å². The highest BCUT2D eigenvalue weighted by atomic mass is 28.4. The number of carbonyl (C=O) groups is 1. The van der Waals surface area contributed by atoms with E-state index in [1.165, 1.54) is 5.67 Å². The van der Waals surface area contributed by atoms with E-state index in [0.29, 0.717) is 0 Å². The number of aldehydes is 1. The van der Waals surface area contributed by atoms with Gasteiger partial charge in [0.1, 0.15) is 6.29 Å². The monoisotopic (exact) mass is 188 g/mol. The van der Waals surface area contributed by atoms with Crippen LogP contribution in [0.4, 0.5) is 0 Å². The van der Waals surface area contributed by atoms with Crippen molar-refractivity contribution in [1.29, 1.82) is 0 Å². The highest BCUT2D eigenvalue weighted by molar-refractivity contribution is 6.95. The van der Waals surface area contributed by atoms with Crippen LogP contribution in [0.5, 0.6) is 0 Å². The number of carbonyl (C=O) groups excluding carboxylic acids is 1. The summed E-state index contributed by atoms with van der Waals surface area (Å²) in [4.78, 5) is 10.4. The molecule has 0 aromatic carbocycles. The molecular formula is C8H20OSi2. The molecule has 0 aliphatic carbocycles. The van der Waals surface area contributed by atoms with Crippen molar-refractivity contribution in [3.63, 3.8) is 0 Å². The molecule has 0 aromatic rings. The molecule has 0 N–H and O–H groups in total. The van der Waals surface area contributed by atoms with Crippen LogP contribution in [0.25, 0.3) is 0 Å². The van der Waals surface area contributed by atoms with Crippen LogP contribution in [0, 0.1) is 0 Å². The minimum absolute atomic E-state index is 0.845. The zero-order valence-corrected chi connectivity index (χ0v) is 10.4. The van der Waals surface area contributed by atoms with E-state index in [2.05, 4.69) is 32.7 Å². The van der Waals surface area contributed by atoms with Crippen molar-refractivity contribution in [2.75, 3.05) is 0 Å². The molecule has 0 heterocycles. The first-order valence-electron chi connectivity index (χ1n) is 4.20. The standard InChI is InChI=1S/C8H20OSi2/c1-10(2,3)8-11(4,5)7-6-9/h6H,7-8H2,1-5H3. The van der Waals surface area contributed by atoms with Crippen LogP contribution >= 0.6 is 0 Å². The Morgan fingerprint density at radius 2 is 1.55 bits per heavy atom. The molecule has 0 unspecified atom stereocenters. The van der Waals surface area contributed by atoms with E-state index in [4.69, 9.17) is 0 Å². The third kappa shape index (κ3) is 6.50. The quantitative estimate of drug-likeness (QED) is 0.490. The summed E-state index contributed by atoms with van der Waals surface area (Å²) in [6.07, 6.45) is 1.10. The highest BCUT2D eigenvalue weighted by Crippen LogP contribution is 2.21. The van der Waals surface area contributed by atoms with Crippen molar-refractivity contribution < 1.29 is 4.79 Å². The third-order valence-corrected chi connectivity index (χ3v) is 11.0. The second kappa shape index (κ2) is 3.67. The molecule has 0 spiro atoms. The SMILES string of the molecule is C[Si](C)(C)C[Si](C)(C)CC=O. The van der Waals surface area contributed by atoms with Gasteiger partial charge in [-0.25, -0.2) is 0 Å². The lowest BCUT2D eigenvalue weighted by molar-refractivity contribution is -0.106. The van der Waals surface area contributed by atoms with Gasteiger partial charge in [0.05, 0.1) is 8.07 Å². The average Bonchev–Trinajstić information content (AvgIpc) is 1.55. The summed E-state index contributed by atoms with van der Waals surface area (Å²) in [5.41, 5.74) is 1.37. The van der Waals surface area contributed by atoms with Crippen molar-refractivity contribution in [2.45, 2.75) is 44.4 Å². The van der Waals surface area contributed by atoms with E-state index < -0.39 is 16.1 Å². The second-order valence-electron chi connectivity index (χ2n) is 5.27. The maximum absolute atomic E-state index is 10.4. The Bertz CT molecular complexity index is 136. The van der Waals surface area contributed by atoms with Crippen LogP contribution in [0.3, 0.4) is 0 Å². The molecule has 1 nitrogen and oxygen atoms in total. The van der Waals surface area contributed by atoms with Crippen LogP contribution in [0.2, 0.25) is 44.4 Å². The first-order chi connectivity index (χ1) is 4.77. The summed E-state index contributed by atoms with van der Waals surface area (Å²) in [5, 5.41) is 0. The Balaban J connectivity index is 4.00. The predicted octanol–water partition coefficient (Wildman–Crippen LogP) is 2.77. The number of hydrogen-bond donors (Lipinski definition) is 0. The van der Waals surface area contributed by atoms with Gasteiger partial charge >= 0.3 is 0 Å². The van der Waals surface area contributed by atoms with Crippen LogP contribution in [-0.2, 0) is 4.79 Å². The first kappa shape index (κ1) is 11.1. The Kier molecular flexibility index (Phi) is 3.71. The van der Waals surface area contributed by atoms with Gasteiger partial charge in [-0.3, -0.25) is 0 Å². The Morgan fingerprint density at radius 3 is 1.82 bits per heavy atom. The smallest absolute Gasteiger partial charge is 0.117 e. The maximum atomic E-state index is 10.4. The summed E-state index contributed by atoms with van der Waals surface area (Å²) < 4.78 is 0. The predicted molar refractivity (Wildman–Crippen MR) is 56.5 cm³/mol. The number of rotatable bonds is 4. The molecule has 0 aromatic heterocycles. The van der Waals surface area contributed by atoms with E-state index in [0.717, 1.165) is 12.3 Å². The minimum Gasteiger partial charge on any atom is -0.304 e. The molecule has 0 fully saturated rings. The van der Waals surface area contributed by atoms with Crippen molar-refractivity contribution in [3.8, 4) is 0 Å². The molecule has 0 aliphatic heterocycles. The van der Waals surface area contributed by atoms with E-state index in [1.807, 2.05) is 0 Å². The van der Waals surface area contributed by atoms with Gasteiger partial charge in [-0.1, -0.05) is 38.4 Å². The molecule has 0 saturated heterocycles. The van der Waals surface area contributed by atoms with Gasteiger partial charge < -0.3 is 4.79 Å². The number of hydrogen-bond acceptors (Lipinski definition) is 1. The minimum atomic E-state index is -1.15. The Hall–Kier alpha value is 0.104. The molecule has 66 valence electrons. The summed E-state index contributed by atoms with van der Waals surface area (Å²) in [6, 6.07) is 0.845. The van der Waals surface area contributed by atoms with E-state index in [-0.39, 0.29) is 0 Å². The first-order valence-corrected chi connectivity index (χ1v) is 11.3. The van der Waals surface area contributed by atoms with Crippen LogP contribution in [0.15, 0.2) is 0 Å². The lowest BCUT2D eigenvalue weighted by Gasteiger charge is -2.27. The van der Waals surface area contributed by atoms with Gasteiger partial charge in [0.15, 0.2) is 0 Å². The van der Waals surface area contributed by atoms with Gasteiger partial charge in [-0.05, 0) is 6.04 Å². The van der Waals surface area contributed by atoms with Crippen LogP contribution in [-0.4, -0.2) is 22.4 Å². The highest BCUT2D eigenvalue weighted by Gasteiger charge is 2.27. The Morgan fingerprint density at radius 1 is 1.09 bits per heavy atom. The second-order valence-corrected chi connectivity index (χ2v) is 16.5.